The number of nitrogens with zero attached hydrogens (tertiary/aromatic N) is 2. The van der Waals surface area contributed by atoms with E-state index in [2.05, 4.69) is 88.5 Å². The Balaban J connectivity index is 1.51. The summed E-state index contributed by atoms with van der Waals surface area (Å²) in [5, 5.41) is 1.12. The van der Waals surface area contributed by atoms with Crippen LogP contribution in [-0.4, -0.2) is 9.55 Å². The Morgan fingerprint density at radius 3 is 2.67 bits per heavy atom. The average molecular weight is 552 g/mol. The monoisotopic (exact) mass is 551 g/mol. The Morgan fingerprint density at radius 2 is 1.81 bits per heavy atom. The van der Waals surface area contributed by atoms with E-state index in [1.807, 2.05) is 22.8 Å². The topological polar surface area (TPSA) is 50.1 Å². The number of hydrogen-bond donors (Lipinski definition) is 1. The van der Waals surface area contributed by atoms with Crippen LogP contribution in [0.5, 0.6) is 0 Å². The van der Waals surface area contributed by atoms with Crippen LogP contribution in [0.2, 0.25) is 0 Å². The van der Waals surface area contributed by atoms with Gasteiger partial charge in [0.15, 0.2) is 4.80 Å². The summed E-state index contributed by atoms with van der Waals surface area (Å²) in [6.45, 7) is 2.06. The number of thiazole rings is 1. The van der Waals surface area contributed by atoms with Crippen LogP contribution >= 0.6 is 27.3 Å². The standard InChI is InChI=1S/C30H22BrN3OS/c1-17-24(22-8-4-5-9-25(22)32-17)16-26-29(35)34-28(19-10-13-20(31)14-11-19)23-15-12-18-6-2-3-7-21(18)27(23)33-30(34)36-26/h2-11,13-14,16,28,32H,12,15H2,1H3/b26-16-. The lowest BCUT2D eigenvalue weighted by Crippen LogP contribution is -2.38. The Kier molecular flexibility index (Phi) is 5.01. The number of para-hydroxylation sites is 1. The number of aromatic nitrogens is 2. The van der Waals surface area contributed by atoms with E-state index in [1.54, 1.807) is 0 Å². The molecular weight excluding hydrogens is 530 g/mol. The van der Waals surface area contributed by atoms with Crippen LogP contribution in [0.15, 0.2) is 92.6 Å². The molecule has 1 N–H and O–H groups in total. The first kappa shape index (κ1) is 21.8. The van der Waals surface area contributed by atoms with Crippen molar-refractivity contribution in [2.24, 2.45) is 4.99 Å². The summed E-state index contributed by atoms with van der Waals surface area (Å²) < 4.78 is 3.64. The van der Waals surface area contributed by atoms with E-state index in [4.69, 9.17) is 4.99 Å². The van der Waals surface area contributed by atoms with Crippen LogP contribution in [0, 0.1) is 6.92 Å². The smallest absolute Gasteiger partial charge is 0.271 e. The number of aromatic amines is 1. The minimum atomic E-state index is -0.163. The highest BCUT2D eigenvalue weighted by Crippen LogP contribution is 2.41. The summed E-state index contributed by atoms with van der Waals surface area (Å²) in [4.78, 5) is 23.3. The molecule has 0 radical (unpaired) electrons. The van der Waals surface area contributed by atoms with Crippen LogP contribution in [-0.2, 0) is 6.42 Å². The number of fused-ring (bicyclic) bond motifs is 4. The van der Waals surface area contributed by atoms with Gasteiger partial charge in [0.25, 0.3) is 5.56 Å². The number of hydrogen-bond acceptors (Lipinski definition) is 3. The summed E-state index contributed by atoms with van der Waals surface area (Å²) >= 11 is 5.05. The van der Waals surface area contributed by atoms with E-state index in [9.17, 15) is 4.79 Å². The quantitative estimate of drug-likeness (QED) is 0.293. The van der Waals surface area contributed by atoms with Crippen molar-refractivity contribution in [2.45, 2.75) is 25.8 Å². The lowest BCUT2D eigenvalue weighted by molar-refractivity contribution is 0.585. The lowest BCUT2D eigenvalue weighted by Gasteiger charge is -2.30. The summed E-state index contributed by atoms with van der Waals surface area (Å²) in [5.74, 6) is 0. The van der Waals surface area contributed by atoms with Crippen molar-refractivity contribution in [1.29, 1.82) is 0 Å². The molecule has 36 heavy (non-hydrogen) atoms. The van der Waals surface area contributed by atoms with Crippen LogP contribution < -0.4 is 14.9 Å². The second-order valence-electron chi connectivity index (χ2n) is 9.37. The van der Waals surface area contributed by atoms with Gasteiger partial charge in [-0.25, -0.2) is 4.99 Å². The van der Waals surface area contributed by atoms with Crippen molar-refractivity contribution in [3.05, 3.63) is 130 Å². The lowest BCUT2D eigenvalue weighted by atomic mass is 9.83. The van der Waals surface area contributed by atoms with Crippen LogP contribution in [0.3, 0.4) is 0 Å². The molecule has 1 unspecified atom stereocenters. The number of nitrogens with one attached hydrogen (secondary N) is 1. The fraction of sp³-hybridized carbons (Fsp3) is 0.133. The molecule has 176 valence electrons. The number of H-pyrrole nitrogens is 1. The molecule has 0 spiro atoms. The van der Waals surface area contributed by atoms with E-state index < -0.39 is 0 Å². The van der Waals surface area contributed by atoms with Gasteiger partial charge in [-0.1, -0.05) is 81.9 Å². The molecule has 3 heterocycles. The second kappa shape index (κ2) is 8.29. The molecule has 0 saturated heterocycles. The normalized spacial score (nSPS) is 17.1. The SMILES string of the molecule is Cc1[nH]c2ccccc2c1/C=c1\sc2n(c1=O)C(c1ccc(Br)cc1)C1=C(N=2)c2ccccc2CC1. The van der Waals surface area contributed by atoms with Crippen LogP contribution in [0.4, 0.5) is 0 Å². The van der Waals surface area contributed by atoms with Crippen molar-refractivity contribution < 1.29 is 0 Å². The Labute approximate surface area is 220 Å². The number of benzene rings is 3. The average Bonchev–Trinajstić information content (AvgIpc) is 3.39. The maximum atomic E-state index is 14.0. The van der Waals surface area contributed by atoms with Crippen molar-refractivity contribution >= 4 is 49.9 Å². The van der Waals surface area contributed by atoms with Crippen molar-refractivity contribution in [1.82, 2.24) is 9.55 Å². The number of rotatable bonds is 2. The highest BCUT2D eigenvalue weighted by atomic mass is 79.9. The minimum absolute atomic E-state index is 0.0155. The fourth-order valence-electron chi connectivity index (χ4n) is 5.58. The highest BCUT2D eigenvalue weighted by Gasteiger charge is 2.32. The molecule has 5 aromatic rings. The summed E-state index contributed by atoms with van der Waals surface area (Å²) in [6, 6.07) is 24.9. The largest absolute Gasteiger partial charge is 0.358 e. The Hall–Kier alpha value is -3.48. The maximum Gasteiger partial charge on any atom is 0.271 e. The van der Waals surface area contributed by atoms with Crippen molar-refractivity contribution in [2.75, 3.05) is 0 Å². The van der Waals surface area contributed by atoms with E-state index >= 15 is 0 Å². The number of allylic oxidation sites excluding steroid dienone is 1. The molecule has 4 nitrogen and oxygen atoms in total. The van der Waals surface area contributed by atoms with Gasteiger partial charge in [-0.15, -0.1) is 0 Å². The van der Waals surface area contributed by atoms with Crippen LogP contribution in [0.1, 0.15) is 40.4 Å². The summed E-state index contributed by atoms with van der Waals surface area (Å²) in [6.07, 6.45) is 3.88. The predicted molar refractivity (Wildman–Crippen MR) is 150 cm³/mol. The van der Waals surface area contributed by atoms with Gasteiger partial charge in [0.05, 0.1) is 16.3 Å². The Morgan fingerprint density at radius 1 is 1.03 bits per heavy atom. The van der Waals surface area contributed by atoms with Gasteiger partial charge < -0.3 is 4.98 Å². The molecule has 0 saturated carbocycles. The van der Waals surface area contributed by atoms with E-state index in [0.717, 1.165) is 55.5 Å². The molecule has 2 aliphatic rings. The summed E-state index contributed by atoms with van der Waals surface area (Å²) in [5.41, 5.74) is 9.07. The molecule has 2 aromatic heterocycles. The molecule has 1 aliphatic heterocycles. The molecule has 0 fully saturated rings. The third kappa shape index (κ3) is 3.32. The molecule has 1 atom stereocenters. The molecule has 0 amide bonds. The fourth-order valence-corrected chi connectivity index (χ4v) is 6.83. The zero-order valence-electron chi connectivity index (χ0n) is 19.6. The third-order valence-corrected chi connectivity index (χ3v) is 8.79. The van der Waals surface area contributed by atoms with Gasteiger partial charge in [-0.05, 0) is 60.7 Å². The zero-order valence-corrected chi connectivity index (χ0v) is 22.0. The first-order valence-electron chi connectivity index (χ1n) is 12.0. The second-order valence-corrected chi connectivity index (χ2v) is 11.3. The van der Waals surface area contributed by atoms with Gasteiger partial charge in [0.1, 0.15) is 0 Å². The van der Waals surface area contributed by atoms with Crippen molar-refractivity contribution in [3.8, 4) is 0 Å². The van der Waals surface area contributed by atoms with E-state index in [1.165, 1.54) is 28.0 Å². The zero-order chi connectivity index (χ0) is 24.4. The Bertz CT molecular complexity index is 1890. The van der Waals surface area contributed by atoms with Crippen LogP contribution in [0.25, 0.3) is 22.7 Å². The molecule has 7 rings (SSSR count). The molecule has 0 bridgehead atoms. The molecule has 6 heteroatoms. The first-order valence-corrected chi connectivity index (χ1v) is 13.7. The molecule has 1 aliphatic carbocycles. The third-order valence-electron chi connectivity index (χ3n) is 7.28. The van der Waals surface area contributed by atoms with Gasteiger partial charge in [-0.2, -0.15) is 0 Å². The summed E-state index contributed by atoms with van der Waals surface area (Å²) in [7, 11) is 0. The molecule has 3 aromatic carbocycles. The van der Waals surface area contributed by atoms with Gasteiger partial charge in [0, 0.05) is 32.2 Å². The number of halogens is 1. The predicted octanol–water partition coefficient (Wildman–Crippen LogP) is 5.87. The van der Waals surface area contributed by atoms with Gasteiger partial charge in [0.2, 0.25) is 0 Å². The maximum absolute atomic E-state index is 14.0. The van der Waals surface area contributed by atoms with Crippen molar-refractivity contribution in [3.63, 3.8) is 0 Å². The first-order chi connectivity index (χ1) is 17.6. The minimum Gasteiger partial charge on any atom is -0.358 e. The van der Waals surface area contributed by atoms with E-state index in [0.29, 0.717) is 4.53 Å². The molecular formula is C30H22BrN3OS. The van der Waals surface area contributed by atoms with Gasteiger partial charge in [-0.3, -0.25) is 9.36 Å². The highest BCUT2D eigenvalue weighted by molar-refractivity contribution is 9.10. The van der Waals surface area contributed by atoms with E-state index in [-0.39, 0.29) is 11.6 Å². The number of aryl methyl sites for hydroxylation is 2. The van der Waals surface area contributed by atoms with Gasteiger partial charge >= 0.3 is 0 Å².